The van der Waals surface area contributed by atoms with Crippen LogP contribution in [0.15, 0.2) is 29.6 Å². The minimum absolute atomic E-state index is 0.0679. The summed E-state index contributed by atoms with van der Waals surface area (Å²) >= 11 is 11.2. The van der Waals surface area contributed by atoms with Gasteiger partial charge in [-0.25, -0.2) is 21.6 Å². The summed E-state index contributed by atoms with van der Waals surface area (Å²) in [6.07, 6.45) is 3.25. The molecule has 1 aromatic rings. The molecule has 2 amide bonds. The van der Waals surface area contributed by atoms with E-state index >= 15 is 0 Å². The van der Waals surface area contributed by atoms with Gasteiger partial charge >= 0.3 is 6.03 Å². The summed E-state index contributed by atoms with van der Waals surface area (Å²) in [5, 5.41) is 0. The van der Waals surface area contributed by atoms with Crippen molar-refractivity contribution < 1.29 is 30.7 Å². The molecule has 12 nitrogen and oxygen atoms in total. The van der Waals surface area contributed by atoms with E-state index in [1.165, 1.54) is 0 Å². The van der Waals surface area contributed by atoms with Crippen LogP contribution in [0, 0.1) is 6.92 Å². The first-order valence-electron chi connectivity index (χ1n) is 12.9. The minimum Gasteiger partial charge on any atom is -0.748 e. The quantitative estimate of drug-likeness (QED) is 0.190. The van der Waals surface area contributed by atoms with Crippen LogP contribution in [0.2, 0.25) is 0 Å². The highest BCUT2D eigenvalue weighted by atomic mass is 32.2. The first-order valence-corrected chi connectivity index (χ1v) is 16.8. The summed E-state index contributed by atoms with van der Waals surface area (Å²) < 4.78 is 68.9. The third-order valence-corrected chi connectivity index (χ3v) is 9.13. The predicted octanol–water partition coefficient (Wildman–Crippen LogP) is 2.51. The average molecular weight is 632 g/mol. The zero-order valence-electron chi connectivity index (χ0n) is 22.8. The van der Waals surface area contributed by atoms with E-state index in [1.807, 2.05) is 19.9 Å². The van der Waals surface area contributed by atoms with Crippen LogP contribution in [0.5, 0.6) is 0 Å². The van der Waals surface area contributed by atoms with Crippen molar-refractivity contribution in [3.63, 3.8) is 0 Å². The van der Waals surface area contributed by atoms with E-state index in [9.17, 15) is 30.7 Å². The maximum absolute atomic E-state index is 13.2. The molecule has 1 saturated heterocycles. The minimum atomic E-state index is -4.51. The third-order valence-electron chi connectivity index (χ3n) is 6.67. The molecule has 0 radical (unpaired) electrons. The third kappa shape index (κ3) is 6.91. The lowest BCUT2D eigenvalue weighted by Gasteiger charge is -2.38. The maximum atomic E-state index is 13.2. The second-order valence-corrected chi connectivity index (χ2v) is 13.1. The van der Waals surface area contributed by atoms with E-state index in [0.29, 0.717) is 18.7 Å². The number of aromatic nitrogens is 1. The molecule has 2 aliphatic heterocycles. The van der Waals surface area contributed by atoms with E-state index in [2.05, 4.69) is 34.3 Å². The maximum Gasteiger partial charge on any atom is 0.330 e. The van der Waals surface area contributed by atoms with Crippen LogP contribution in [0.1, 0.15) is 39.3 Å². The van der Waals surface area contributed by atoms with Gasteiger partial charge in [0.05, 0.1) is 25.9 Å². The van der Waals surface area contributed by atoms with Crippen molar-refractivity contribution in [1.82, 2.24) is 14.4 Å². The number of carbonyl (C=O) groups is 1. The van der Waals surface area contributed by atoms with Crippen molar-refractivity contribution in [2.75, 3.05) is 47.5 Å². The number of aryl methyl sites for hydroxylation is 1. The molecular weight excluding hydrogens is 599 g/mol. The number of rotatable bonds is 12. The molecule has 3 heterocycles. The lowest BCUT2D eigenvalue weighted by molar-refractivity contribution is 0.197. The predicted molar refractivity (Wildman–Crippen MR) is 159 cm³/mol. The van der Waals surface area contributed by atoms with Crippen LogP contribution in [0.3, 0.4) is 0 Å². The summed E-state index contributed by atoms with van der Waals surface area (Å²) in [6.45, 7) is 10.1. The lowest BCUT2D eigenvalue weighted by atomic mass is 10.1. The van der Waals surface area contributed by atoms with Gasteiger partial charge in [0, 0.05) is 55.5 Å². The van der Waals surface area contributed by atoms with E-state index in [-0.39, 0.29) is 35.9 Å². The van der Waals surface area contributed by atoms with Crippen LogP contribution < -0.4 is 9.80 Å². The summed E-state index contributed by atoms with van der Waals surface area (Å²) in [7, 11) is -9.01. The monoisotopic (exact) mass is 631 g/mol. The van der Waals surface area contributed by atoms with Crippen molar-refractivity contribution in [2.24, 2.45) is 0 Å². The number of allylic oxidation sites excluding steroid dienone is 2. The summed E-state index contributed by atoms with van der Waals surface area (Å²) in [4.78, 5) is 20.0. The van der Waals surface area contributed by atoms with Gasteiger partial charge in [-0.3, -0.25) is 9.80 Å². The van der Waals surface area contributed by atoms with Crippen molar-refractivity contribution in [2.45, 2.75) is 47.1 Å². The van der Waals surface area contributed by atoms with Gasteiger partial charge in [0.2, 0.25) is 0 Å². The second kappa shape index (κ2) is 12.7. The van der Waals surface area contributed by atoms with E-state index in [4.69, 9.17) is 24.4 Å². The van der Waals surface area contributed by atoms with Gasteiger partial charge < -0.3 is 23.5 Å². The fourth-order valence-corrected chi connectivity index (χ4v) is 6.62. The molecule has 0 atom stereocenters. The van der Waals surface area contributed by atoms with Gasteiger partial charge in [-0.05, 0) is 58.8 Å². The van der Waals surface area contributed by atoms with Crippen LogP contribution in [-0.4, -0.2) is 94.0 Å². The number of urea groups is 1. The number of amides is 2. The molecule has 0 N–H and O–H groups in total. The first-order chi connectivity index (χ1) is 18.6. The fraction of sp³-hybridized carbons (Fsp3) is 0.542. The Labute approximate surface area is 246 Å². The topological polar surface area (TPSA) is 149 Å². The molecule has 0 spiro atoms. The van der Waals surface area contributed by atoms with Crippen molar-refractivity contribution in [3.05, 3.63) is 35.3 Å². The number of fused-ring (bicyclic) bond motifs is 1. The molecule has 2 aliphatic rings. The van der Waals surface area contributed by atoms with Crippen LogP contribution in [0.25, 0.3) is 0 Å². The molecule has 0 bridgehead atoms. The van der Waals surface area contributed by atoms with Gasteiger partial charge in [0.15, 0.2) is 0 Å². The van der Waals surface area contributed by atoms with Crippen LogP contribution in [0.4, 0.5) is 16.3 Å². The Bertz CT molecular complexity index is 1400. The highest BCUT2D eigenvalue weighted by molar-refractivity contribution is 7.86. The molecule has 222 valence electrons. The van der Waals surface area contributed by atoms with Gasteiger partial charge in [-0.1, -0.05) is 24.4 Å². The van der Waals surface area contributed by atoms with Crippen LogP contribution >= 0.6 is 24.4 Å². The molecule has 16 heteroatoms. The molecular formula is C24H33N5O7S4-2. The molecule has 0 saturated carbocycles. The molecule has 1 aromatic heterocycles. The Hall–Kier alpha value is -2.37. The number of carbonyl (C=O) groups excluding carboxylic acids is 1. The highest BCUT2D eigenvalue weighted by Crippen LogP contribution is 2.43. The van der Waals surface area contributed by atoms with E-state index in [0.717, 1.165) is 39.4 Å². The zero-order chi connectivity index (χ0) is 30.0. The first kappa shape index (κ1) is 32.1. The largest absolute Gasteiger partial charge is 0.748 e. The fourth-order valence-electron chi connectivity index (χ4n) is 4.92. The van der Waals surface area contributed by atoms with Crippen molar-refractivity contribution in [1.29, 1.82) is 0 Å². The number of hydrogen-bond acceptors (Lipinski definition) is 11. The highest BCUT2D eigenvalue weighted by Gasteiger charge is 2.37. The van der Waals surface area contributed by atoms with Gasteiger partial charge in [-0.15, -0.1) is 0 Å². The van der Waals surface area contributed by atoms with Crippen LogP contribution in [-0.2, 0) is 26.8 Å². The van der Waals surface area contributed by atoms with Gasteiger partial charge in [0.1, 0.15) is 21.6 Å². The summed E-state index contributed by atoms with van der Waals surface area (Å²) in [5.74, 6) is 0.575. The standard InChI is InChI=1S/C24H35N5O7S4/c1-5-25-17(4)16-19-21(25)27(7-3)20(26(19)6-2)11-10-18-22(37)28(12-8-14-39(31,32)33)24(30)29(23(18)38)13-9-15-40(34,35)36/h10-11,16H,5-9,12-15H2,1-4H3,(H,31,32,33)(H,34,35,36)/p-2. The van der Waals surface area contributed by atoms with Gasteiger partial charge in [0.25, 0.3) is 0 Å². The van der Waals surface area contributed by atoms with Crippen molar-refractivity contribution >= 4 is 72.2 Å². The lowest BCUT2D eigenvalue weighted by Crippen LogP contribution is -2.55. The SMILES string of the molecule is CCN1C(=CC=C2C(=S)N(CCCS(=O)(=O)[O-])C(=O)N(CCCS(=O)(=O)[O-])C2=S)N(CC)c2c1cc(C)n2CC. The summed E-state index contributed by atoms with van der Waals surface area (Å²) in [6, 6.07) is 1.46. The summed E-state index contributed by atoms with van der Waals surface area (Å²) in [5.41, 5.74) is 2.55. The molecule has 0 aliphatic carbocycles. The Morgan fingerprint density at radius 3 is 1.73 bits per heavy atom. The Kier molecular flexibility index (Phi) is 10.2. The smallest absolute Gasteiger partial charge is 0.330 e. The van der Waals surface area contributed by atoms with Crippen molar-refractivity contribution in [3.8, 4) is 0 Å². The average Bonchev–Trinajstić information content (AvgIpc) is 3.32. The zero-order valence-corrected chi connectivity index (χ0v) is 26.1. The number of hydrogen-bond donors (Lipinski definition) is 0. The van der Waals surface area contributed by atoms with E-state index < -0.39 is 37.8 Å². The number of nitrogens with zero attached hydrogens (tertiary/aromatic N) is 5. The second-order valence-electron chi connectivity index (χ2n) is 9.26. The Morgan fingerprint density at radius 2 is 1.30 bits per heavy atom. The van der Waals surface area contributed by atoms with E-state index in [1.54, 1.807) is 6.08 Å². The number of anilines is 2. The molecule has 40 heavy (non-hydrogen) atoms. The Balaban J connectivity index is 2.01. The molecule has 1 fully saturated rings. The normalized spacial score (nSPS) is 17.5. The van der Waals surface area contributed by atoms with Gasteiger partial charge in [-0.2, -0.15) is 0 Å². The Morgan fingerprint density at radius 1 is 0.800 bits per heavy atom. The molecule has 0 aromatic carbocycles. The molecule has 3 rings (SSSR count). The number of thiocarbonyl (C=S) groups is 2. The molecule has 0 unspecified atom stereocenters.